The molecule has 196 valence electrons. The molecule has 0 spiro atoms. The number of hydrogen-bond acceptors (Lipinski definition) is 5. The molecule has 3 aromatic rings. The quantitative estimate of drug-likeness (QED) is 0.261. The van der Waals surface area contributed by atoms with Gasteiger partial charge in [-0.3, -0.25) is 9.59 Å². The van der Waals surface area contributed by atoms with Crippen molar-refractivity contribution in [1.82, 2.24) is 20.1 Å². The van der Waals surface area contributed by atoms with Crippen molar-refractivity contribution in [3.63, 3.8) is 0 Å². The first-order valence-corrected chi connectivity index (χ1v) is 12.5. The first kappa shape index (κ1) is 28.0. The van der Waals surface area contributed by atoms with E-state index in [9.17, 15) is 22.8 Å². The maximum absolute atomic E-state index is 12.9. The minimum absolute atomic E-state index is 0.0239. The van der Waals surface area contributed by atoms with E-state index in [0.717, 1.165) is 29.5 Å². The minimum atomic E-state index is -4.51. The molecule has 1 aromatic heterocycles. The maximum atomic E-state index is 12.9. The molecule has 0 aliphatic heterocycles. The van der Waals surface area contributed by atoms with Crippen molar-refractivity contribution in [2.24, 2.45) is 5.92 Å². The number of benzene rings is 2. The van der Waals surface area contributed by atoms with Gasteiger partial charge in [0.15, 0.2) is 11.0 Å². The van der Waals surface area contributed by atoms with Crippen LogP contribution in [0.5, 0.6) is 0 Å². The highest BCUT2D eigenvalue weighted by Crippen LogP contribution is 2.31. The highest BCUT2D eigenvalue weighted by molar-refractivity contribution is 7.99. The molecule has 0 aliphatic carbocycles. The van der Waals surface area contributed by atoms with Gasteiger partial charge in [-0.15, -0.1) is 16.8 Å². The first-order valence-electron chi connectivity index (χ1n) is 11.5. The van der Waals surface area contributed by atoms with Crippen molar-refractivity contribution < 1.29 is 22.8 Å². The second-order valence-corrected chi connectivity index (χ2v) is 9.66. The molecule has 2 amide bonds. The third kappa shape index (κ3) is 7.45. The SMILES string of the molecule is C=CCn1c(SCC(=O)Nc2cccc(C(F)(F)F)c2)nnc1[C@H](NC(=O)c1ccc(C)cc1)C(C)C. The van der Waals surface area contributed by atoms with E-state index in [1.807, 2.05) is 32.9 Å². The minimum Gasteiger partial charge on any atom is -0.342 e. The fraction of sp³-hybridized carbons (Fsp3) is 0.308. The molecule has 0 fully saturated rings. The summed E-state index contributed by atoms with van der Waals surface area (Å²) in [4.78, 5) is 25.3. The number of rotatable bonds is 10. The van der Waals surface area contributed by atoms with E-state index >= 15 is 0 Å². The van der Waals surface area contributed by atoms with Crippen LogP contribution in [0.2, 0.25) is 0 Å². The topological polar surface area (TPSA) is 88.9 Å². The summed E-state index contributed by atoms with van der Waals surface area (Å²) >= 11 is 1.09. The zero-order chi connectivity index (χ0) is 27.2. The third-order valence-corrected chi connectivity index (χ3v) is 6.38. The maximum Gasteiger partial charge on any atom is 0.416 e. The van der Waals surface area contributed by atoms with Crippen LogP contribution in [0.3, 0.4) is 0 Å². The lowest BCUT2D eigenvalue weighted by Gasteiger charge is -2.22. The van der Waals surface area contributed by atoms with Gasteiger partial charge >= 0.3 is 6.18 Å². The number of aromatic nitrogens is 3. The molecule has 11 heteroatoms. The molecule has 0 saturated carbocycles. The van der Waals surface area contributed by atoms with Gasteiger partial charge in [0.05, 0.1) is 17.4 Å². The van der Waals surface area contributed by atoms with Crippen molar-refractivity contribution in [2.75, 3.05) is 11.1 Å². The number of thioether (sulfide) groups is 1. The van der Waals surface area contributed by atoms with Gasteiger partial charge in [-0.2, -0.15) is 13.2 Å². The molecule has 1 heterocycles. The second kappa shape index (κ2) is 12.1. The van der Waals surface area contributed by atoms with Crippen molar-refractivity contribution in [2.45, 2.75) is 44.7 Å². The predicted octanol–water partition coefficient (Wildman–Crippen LogP) is 5.65. The number of allylic oxidation sites excluding steroid dienone is 1. The first-order chi connectivity index (χ1) is 17.5. The van der Waals surface area contributed by atoms with Crippen molar-refractivity contribution in [3.8, 4) is 0 Å². The zero-order valence-electron chi connectivity index (χ0n) is 20.7. The Morgan fingerprint density at radius 3 is 2.46 bits per heavy atom. The molecule has 0 bridgehead atoms. The van der Waals surface area contributed by atoms with E-state index in [4.69, 9.17) is 0 Å². The van der Waals surface area contributed by atoms with Gasteiger partial charge < -0.3 is 15.2 Å². The number of nitrogens with one attached hydrogen (secondary N) is 2. The summed E-state index contributed by atoms with van der Waals surface area (Å²) in [6, 6.07) is 11.2. The summed E-state index contributed by atoms with van der Waals surface area (Å²) in [5.74, 6) is -0.359. The summed E-state index contributed by atoms with van der Waals surface area (Å²) in [6.45, 7) is 9.94. The monoisotopic (exact) mass is 531 g/mol. The van der Waals surface area contributed by atoms with Crippen LogP contribution in [0.1, 0.15) is 47.2 Å². The molecule has 37 heavy (non-hydrogen) atoms. The van der Waals surface area contributed by atoms with E-state index in [2.05, 4.69) is 27.4 Å². The zero-order valence-corrected chi connectivity index (χ0v) is 21.5. The molecule has 0 aliphatic rings. The van der Waals surface area contributed by atoms with Gasteiger partial charge in [0.2, 0.25) is 5.91 Å². The Labute approximate surface area is 217 Å². The van der Waals surface area contributed by atoms with Crippen LogP contribution < -0.4 is 10.6 Å². The molecule has 0 radical (unpaired) electrons. The number of hydrogen-bond donors (Lipinski definition) is 2. The van der Waals surface area contributed by atoms with E-state index < -0.39 is 23.7 Å². The highest BCUT2D eigenvalue weighted by atomic mass is 32.2. The lowest BCUT2D eigenvalue weighted by atomic mass is 10.0. The van der Waals surface area contributed by atoms with Gasteiger partial charge in [-0.05, 0) is 43.2 Å². The molecule has 0 saturated heterocycles. The Bertz CT molecular complexity index is 1260. The van der Waals surface area contributed by atoms with Gasteiger partial charge in [0, 0.05) is 17.8 Å². The van der Waals surface area contributed by atoms with E-state index in [1.165, 1.54) is 12.1 Å². The molecular formula is C26H28F3N5O2S. The molecular weight excluding hydrogens is 503 g/mol. The number of amides is 2. The Morgan fingerprint density at radius 2 is 1.84 bits per heavy atom. The number of nitrogens with zero attached hydrogens (tertiary/aromatic N) is 3. The van der Waals surface area contributed by atoms with Gasteiger partial charge in [-0.25, -0.2) is 0 Å². The summed E-state index contributed by atoms with van der Waals surface area (Å²) in [6.07, 6.45) is -2.85. The second-order valence-electron chi connectivity index (χ2n) is 8.72. The lowest BCUT2D eigenvalue weighted by molar-refractivity contribution is -0.137. The van der Waals surface area contributed by atoms with Crippen LogP contribution in [-0.4, -0.2) is 32.3 Å². The largest absolute Gasteiger partial charge is 0.416 e. The van der Waals surface area contributed by atoms with Crippen LogP contribution in [-0.2, 0) is 17.5 Å². The summed E-state index contributed by atoms with van der Waals surface area (Å²) in [7, 11) is 0. The molecule has 7 nitrogen and oxygen atoms in total. The Morgan fingerprint density at radius 1 is 1.14 bits per heavy atom. The number of aryl methyl sites for hydroxylation is 1. The summed E-state index contributed by atoms with van der Waals surface area (Å²) < 4.78 is 40.6. The van der Waals surface area contributed by atoms with Gasteiger partial charge in [0.25, 0.3) is 5.91 Å². The molecule has 2 N–H and O–H groups in total. The lowest BCUT2D eigenvalue weighted by Crippen LogP contribution is -2.33. The number of halogens is 3. The van der Waals surface area contributed by atoms with E-state index in [-0.39, 0.29) is 23.3 Å². The van der Waals surface area contributed by atoms with Crippen molar-refractivity contribution in [1.29, 1.82) is 0 Å². The molecule has 0 unspecified atom stereocenters. The Balaban J connectivity index is 1.73. The fourth-order valence-corrected chi connectivity index (χ4v) is 4.25. The van der Waals surface area contributed by atoms with E-state index in [0.29, 0.717) is 23.1 Å². The van der Waals surface area contributed by atoms with Gasteiger partial charge in [0.1, 0.15) is 0 Å². The van der Waals surface area contributed by atoms with Gasteiger partial charge in [-0.1, -0.05) is 55.4 Å². The standard InChI is InChI=1S/C26H28F3N5O2S/c1-5-13-34-23(22(16(2)3)31-24(36)18-11-9-17(4)10-12-18)32-33-25(34)37-15-21(35)30-20-8-6-7-19(14-20)26(27,28)29/h5-12,14,16,22H,1,13,15H2,2-4H3,(H,30,35)(H,31,36)/t22-/m1/s1. The molecule has 2 aromatic carbocycles. The van der Waals surface area contributed by atoms with Crippen LogP contribution >= 0.6 is 11.8 Å². The number of anilines is 1. The molecule has 3 rings (SSSR count). The normalized spacial score (nSPS) is 12.3. The predicted molar refractivity (Wildman–Crippen MR) is 137 cm³/mol. The smallest absolute Gasteiger partial charge is 0.342 e. The van der Waals surface area contributed by atoms with Crippen LogP contribution in [0, 0.1) is 12.8 Å². The average Bonchev–Trinajstić information content (AvgIpc) is 3.23. The average molecular weight is 532 g/mol. The number of carbonyl (C=O) groups excluding carboxylic acids is 2. The summed E-state index contributed by atoms with van der Waals surface area (Å²) in [5, 5.41) is 14.4. The van der Waals surface area contributed by atoms with Crippen LogP contribution in [0.25, 0.3) is 0 Å². The highest BCUT2D eigenvalue weighted by Gasteiger charge is 2.30. The van der Waals surface area contributed by atoms with Crippen molar-refractivity contribution in [3.05, 3.63) is 83.7 Å². The molecule has 1 atom stereocenters. The third-order valence-electron chi connectivity index (χ3n) is 5.41. The van der Waals surface area contributed by atoms with Crippen LogP contribution in [0.15, 0.2) is 66.3 Å². The summed E-state index contributed by atoms with van der Waals surface area (Å²) in [5.41, 5.74) is 0.765. The Kier molecular flexibility index (Phi) is 9.14. The number of carbonyl (C=O) groups is 2. The van der Waals surface area contributed by atoms with E-state index in [1.54, 1.807) is 22.8 Å². The number of alkyl halides is 3. The Hall–Kier alpha value is -3.60. The fourth-order valence-electron chi connectivity index (χ4n) is 3.50. The van der Waals surface area contributed by atoms with Crippen LogP contribution in [0.4, 0.5) is 18.9 Å². The van der Waals surface area contributed by atoms with Crippen molar-refractivity contribution >= 4 is 29.3 Å².